The van der Waals surface area contributed by atoms with E-state index in [0.717, 1.165) is 37.4 Å². The van der Waals surface area contributed by atoms with Crippen molar-refractivity contribution < 1.29 is 4.74 Å². The Hall–Kier alpha value is -2.01. The molecule has 2 aromatic heterocycles. The van der Waals surface area contributed by atoms with E-state index in [9.17, 15) is 0 Å². The van der Waals surface area contributed by atoms with Gasteiger partial charge in [-0.1, -0.05) is 0 Å². The van der Waals surface area contributed by atoms with E-state index in [1.165, 1.54) is 42.8 Å². The summed E-state index contributed by atoms with van der Waals surface area (Å²) in [7, 11) is 0. The fraction of sp³-hybridized carbons (Fsp3) is 0.526. The second-order valence-corrected chi connectivity index (χ2v) is 6.99. The Morgan fingerprint density at radius 3 is 2.88 bits per heavy atom. The molecule has 1 saturated heterocycles. The lowest BCUT2D eigenvalue weighted by Gasteiger charge is -2.39. The topological polar surface area (TPSA) is 51.1 Å². The van der Waals surface area contributed by atoms with Gasteiger partial charge in [0.2, 0.25) is 0 Å². The lowest BCUT2D eigenvalue weighted by Crippen LogP contribution is -2.49. The van der Waals surface area contributed by atoms with Gasteiger partial charge in [0, 0.05) is 35.8 Å². The maximum Gasteiger partial charge on any atom is 0.161 e. The number of hydrogen-bond acceptors (Lipinski definition) is 5. The number of ether oxygens (including phenoxy) is 1. The number of pyridine rings is 1. The Morgan fingerprint density at radius 1 is 1.04 bits per heavy atom. The van der Waals surface area contributed by atoms with Crippen molar-refractivity contribution in [2.45, 2.75) is 50.7 Å². The molecule has 5 rings (SSSR count). The summed E-state index contributed by atoms with van der Waals surface area (Å²) >= 11 is 0. The fourth-order valence-corrected chi connectivity index (χ4v) is 4.47. The van der Waals surface area contributed by atoms with Gasteiger partial charge in [-0.15, -0.1) is 0 Å². The fourth-order valence-electron chi connectivity index (χ4n) is 4.47. The third-order valence-corrected chi connectivity index (χ3v) is 5.60. The first-order valence-corrected chi connectivity index (χ1v) is 9.08. The van der Waals surface area contributed by atoms with E-state index in [1.807, 2.05) is 24.5 Å². The molecule has 2 aliphatic carbocycles. The van der Waals surface area contributed by atoms with Gasteiger partial charge in [0.05, 0.1) is 18.8 Å². The van der Waals surface area contributed by atoms with E-state index < -0.39 is 0 Å². The lowest BCUT2D eigenvalue weighted by atomic mass is 10.1. The molecule has 2 atom stereocenters. The van der Waals surface area contributed by atoms with Crippen molar-refractivity contribution in [2.75, 3.05) is 18.1 Å². The average molecular weight is 322 g/mol. The minimum Gasteiger partial charge on any atom is -0.374 e. The molecule has 1 aliphatic heterocycles. The molecule has 2 aromatic rings. The SMILES string of the molecule is c1cc(-c2nc3c(c(N4CCO[C@@H]5CCC[C@@H]54)n2)CCC3)ccn1. The highest BCUT2D eigenvalue weighted by Gasteiger charge is 2.38. The molecule has 5 nitrogen and oxygen atoms in total. The third kappa shape index (κ3) is 2.30. The van der Waals surface area contributed by atoms with E-state index >= 15 is 0 Å². The predicted octanol–water partition coefficient (Wildman–Crippen LogP) is 2.79. The predicted molar refractivity (Wildman–Crippen MR) is 92.0 cm³/mol. The van der Waals surface area contributed by atoms with Gasteiger partial charge in [0.25, 0.3) is 0 Å². The third-order valence-electron chi connectivity index (χ3n) is 5.60. The Bertz CT molecular complexity index is 749. The summed E-state index contributed by atoms with van der Waals surface area (Å²) in [6.07, 6.45) is 11.0. The van der Waals surface area contributed by atoms with Gasteiger partial charge in [-0.2, -0.15) is 0 Å². The van der Waals surface area contributed by atoms with Crippen molar-refractivity contribution >= 4 is 5.82 Å². The molecular formula is C19H22N4O. The molecule has 0 amide bonds. The average Bonchev–Trinajstić information content (AvgIpc) is 3.30. The molecule has 24 heavy (non-hydrogen) atoms. The highest BCUT2D eigenvalue weighted by atomic mass is 16.5. The van der Waals surface area contributed by atoms with E-state index in [2.05, 4.69) is 9.88 Å². The van der Waals surface area contributed by atoms with Crippen LogP contribution in [0, 0.1) is 0 Å². The van der Waals surface area contributed by atoms with Crippen LogP contribution in [0.25, 0.3) is 11.4 Å². The molecule has 2 fully saturated rings. The van der Waals surface area contributed by atoms with Crippen LogP contribution in [-0.2, 0) is 17.6 Å². The summed E-state index contributed by atoms with van der Waals surface area (Å²) in [5, 5.41) is 0. The molecule has 0 spiro atoms. The highest BCUT2D eigenvalue weighted by Crippen LogP contribution is 2.37. The lowest BCUT2D eigenvalue weighted by molar-refractivity contribution is 0.0252. The summed E-state index contributed by atoms with van der Waals surface area (Å²) in [6, 6.07) is 4.49. The second-order valence-electron chi connectivity index (χ2n) is 6.99. The molecule has 3 aliphatic rings. The van der Waals surface area contributed by atoms with Crippen molar-refractivity contribution in [3.63, 3.8) is 0 Å². The zero-order valence-electron chi connectivity index (χ0n) is 13.8. The van der Waals surface area contributed by atoms with Crippen LogP contribution in [0.15, 0.2) is 24.5 Å². The summed E-state index contributed by atoms with van der Waals surface area (Å²) in [4.78, 5) is 16.5. The number of aromatic nitrogens is 3. The van der Waals surface area contributed by atoms with Crippen LogP contribution >= 0.6 is 0 Å². The van der Waals surface area contributed by atoms with Crippen LogP contribution in [0.5, 0.6) is 0 Å². The van der Waals surface area contributed by atoms with Gasteiger partial charge in [0.15, 0.2) is 5.82 Å². The van der Waals surface area contributed by atoms with E-state index in [-0.39, 0.29) is 0 Å². The first-order chi connectivity index (χ1) is 11.9. The van der Waals surface area contributed by atoms with Crippen LogP contribution in [0.1, 0.15) is 36.9 Å². The Morgan fingerprint density at radius 2 is 1.96 bits per heavy atom. The van der Waals surface area contributed by atoms with Crippen molar-refractivity contribution in [2.24, 2.45) is 0 Å². The van der Waals surface area contributed by atoms with E-state index in [1.54, 1.807) is 0 Å². The number of rotatable bonds is 2. The zero-order chi connectivity index (χ0) is 15.9. The molecular weight excluding hydrogens is 300 g/mol. The molecule has 0 unspecified atom stereocenters. The van der Waals surface area contributed by atoms with Gasteiger partial charge >= 0.3 is 0 Å². The standard InChI is InChI=1S/C19H22N4O/c1-3-14-15(4-1)21-18(13-7-9-20-10-8-13)22-19(14)23-11-12-24-17-6-2-5-16(17)23/h7-10,16-17H,1-6,11-12H2/t16-,17+/m0/s1. The van der Waals surface area contributed by atoms with Gasteiger partial charge in [-0.3, -0.25) is 4.98 Å². The summed E-state index contributed by atoms with van der Waals surface area (Å²) in [5.41, 5.74) is 3.67. The van der Waals surface area contributed by atoms with Gasteiger partial charge in [-0.05, 0) is 50.7 Å². The second kappa shape index (κ2) is 5.81. The van der Waals surface area contributed by atoms with Crippen molar-refractivity contribution in [1.29, 1.82) is 0 Å². The number of anilines is 1. The molecule has 0 aromatic carbocycles. The minimum absolute atomic E-state index is 0.384. The number of nitrogens with zero attached hydrogens (tertiary/aromatic N) is 4. The van der Waals surface area contributed by atoms with Crippen LogP contribution < -0.4 is 4.90 Å². The van der Waals surface area contributed by atoms with Crippen LogP contribution in [0.3, 0.4) is 0 Å². The van der Waals surface area contributed by atoms with Gasteiger partial charge in [-0.25, -0.2) is 9.97 Å². The quantitative estimate of drug-likeness (QED) is 0.851. The van der Waals surface area contributed by atoms with Gasteiger partial charge < -0.3 is 9.64 Å². The van der Waals surface area contributed by atoms with E-state index in [4.69, 9.17) is 14.7 Å². The number of aryl methyl sites for hydroxylation is 1. The molecule has 3 heterocycles. The zero-order valence-corrected chi connectivity index (χ0v) is 13.8. The van der Waals surface area contributed by atoms with Crippen LogP contribution in [0.2, 0.25) is 0 Å². The van der Waals surface area contributed by atoms with Gasteiger partial charge in [0.1, 0.15) is 5.82 Å². The minimum atomic E-state index is 0.384. The molecule has 5 heteroatoms. The summed E-state index contributed by atoms with van der Waals surface area (Å²) in [6.45, 7) is 1.75. The van der Waals surface area contributed by atoms with E-state index in [0.29, 0.717) is 12.1 Å². The number of fused-ring (bicyclic) bond motifs is 2. The normalized spacial score (nSPS) is 25.6. The van der Waals surface area contributed by atoms with Crippen molar-refractivity contribution in [3.05, 3.63) is 35.8 Å². The summed E-state index contributed by atoms with van der Waals surface area (Å²) in [5.74, 6) is 2.01. The number of hydrogen-bond donors (Lipinski definition) is 0. The van der Waals surface area contributed by atoms with Crippen LogP contribution in [0.4, 0.5) is 5.82 Å². The monoisotopic (exact) mass is 322 g/mol. The first-order valence-electron chi connectivity index (χ1n) is 9.08. The number of morpholine rings is 1. The summed E-state index contributed by atoms with van der Waals surface area (Å²) < 4.78 is 5.99. The largest absolute Gasteiger partial charge is 0.374 e. The smallest absolute Gasteiger partial charge is 0.161 e. The first kappa shape index (κ1) is 14.3. The molecule has 0 bridgehead atoms. The van der Waals surface area contributed by atoms with Crippen molar-refractivity contribution in [3.8, 4) is 11.4 Å². The maximum absolute atomic E-state index is 5.99. The molecule has 124 valence electrons. The molecule has 0 N–H and O–H groups in total. The highest BCUT2D eigenvalue weighted by molar-refractivity contribution is 5.61. The molecule has 0 radical (unpaired) electrons. The maximum atomic E-state index is 5.99. The Balaban J connectivity index is 1.61. The van der Waals surface area contributed by atoms with Crippen molar-refractivity contribution in [1.82, 2.24) is 15.0 Å². The Labute approximate surface area is 142 Å². The molecule has 1 saturated carbocycles. The Kier molecular flexibility index (Phi) is 3.47. The van der Waals surface area contributed by atoms with Crippen LogP contribution in [-0.4, -0.2) is 40.2 Å².